The number of hydrogen-bond acceptors (Lipinski definition) is 3. The number of hydrogen-bond donors (Lipinski definition) is 1. The highest BCUT2D eigenvalue weighted by Crippen LogP contribution is 2.20. The molecule has 1 aromatic rings. The van der Waals surface area contributed by atoms with Crippen molar-refractivity contribution in [3.05, 3.63) is 29.3 Å². The first-order chi connectivity index (χ1) is 8.77. The first kappa shape index (κ1) is 14.6. The molecular formula is C15H21NO2. The van der Waals surface area contributed by atoms with E-state index in [2.05, 4.69) is 24.2 Å². The average molecular weight is 247 g/mol. The van der Waals surface area contributed by atoms with Gasteiger partial charge in [0.1, 0.15) is 5.75 Å². The van der Waals surface area contributed by atoms with Crippen LogP contribution in [0.5, 0.6) is 5.75 Å². The van der Waals surface area contributed by atoms with Crippen molar-refractivity contribution < 1.29 is 9.47 Å². The molecule has 1 N–H and O–H groups in total. The number of aryl methyl sites for hydroxylation is 1. The lowest BCUT2D eigenvalue weighted by Gasteiger charge is -2.12. The molecule has 0 spiro atoms. The normalized spacial score (nSPS) is 10.1. The maximum absolute atomic E-state index is 5.68. The van der Waals surface area contributed by atoms with Crippen molar-refractivity contribution in [1.82, 2.24) is 5.32 Å². The van der Waals surface area contributed by atoms with Crippen LogP contribution in [0.25, 0.3) is 0 Å². The van der Waals surface area contributed by atoms with Gasteiger partial charge in [0.05, 0.1) is 13.2 Å². The van der Waals surface area contributed by atoms with E-state index in [1.807, 2.05) is 12.1 Å². The van der Waals surface area contributed by atoms with Crippen LogP contribution >= 0.6 is 0 Å². The van der Waals surface area contributed by atoms with Crippen LogP contribution in [0.3, 0.4) is 0 Å². The van der Waals surface area contributed by atoms with Crippen LogP contribution in [0.2, 0.25) is 0 Å². The Morgan fingerprint density at radius 3 is 2.89 bits per heavy atom. The summed E-state index contributed by atoms with van der Waals surface area (Å²) in [4.78, 5) is 0. The topological polar surface area (TPSA) is 30.5 Å². The van der Waals surface area contributed by atoms with Gasteiger partial charge in [-0.3, -0.25) is 0 Å². The van der Waals surface area contributed by atoms with Crippen LogP contribution in [0.4, 0.5) is 0 Å². The summed E-state index contributed by atoms with van der Waals surface area (Å²) in [7, 11) is 1.70. The molecule has 98 valence electrons. The van der Waals surface area contributed by atoms with Crippen LogP contribution in [0.1, 0.15) is 17.5 Å². The molecule has 0 atom stereocenters. The standard InChI is InChI=1S/C15H21NO2/c1-4-5-9-18-15-7-6-13(2)11-14(15)12-16-8-10-17-3/h1,6-7,11,16H,5,8-10,12H2,2-3H3. The molecule has 0 saturated carbocycles. The van der Waals surface area contributed by atoms with Crippen molar-refractivity contribution >= 4 is 0 Å². The first-order valence-electron chi connectivity index (χ1n) is 6.13. The fourth-order valence-electron chi connectivity index (χ4n) is 1.60. The number of benzene rings is 1. The monoisotopic (exact) mass is 247 g/mol. The summed E-state index contributed by atoms with van der Waals surface area (Å²) < 4.78 is 10.7. The van der Waals surface area contributed by atoms with E-state index in [-0.39, 0.29) is 0 Å². The number of nitrogens with one attached hydrogen (secondary N) is 1. The van der Waals surface area contributed by atoms with E-state index in [0.29, 0.717) is 19.6 Å². The van der Waals surface area contributed by atoms with Crippen LogP contribution in [-0.2, 0) is 11.3 Å². The highest BCUT2D eigenvalue weighted by Gasteiger charge is 2.03. The molecule has 1 aromatic carbocycles. The Hall–Kier alpha value is -1.50. The zero-order valence-corrected chi connectivity index (χ0v) is 11.2. The first-order valence-corrected chi connectivity index (χ1v) is 6.13. The minimum absolute atomic E-state index is 0.560. The highest BCUT2D eigenvalue weighted by atomic mass is 16.5. The van der Waals surface area contributed by atoms with Gasteiger partial charge in [-0.15, -0.1) is 12.3 Å². The molecule has 0 bridgehead atoms. The maximum atomic E-state index is 5.68. The average Bonchev–Trinajstić information content (AvgIpc) is 2.37. The van der Waals surface area contributed by atoms with E-state index in [9.17, 15) is 0 Å². The quantitative estimate of drug-likeness (QED) is 0.564. The fourth-order valence-corrected chi connectivity index (χ4v) is 1.60. The van der Waals surface area contributed by atoms with Gasteiger partial charge in [0.15, 0.2) is 0 Å². The minimum atomic E-state index is 0.560. The third-order valence-electron chi connectivity index (χ3n) is 2.52. The largest absolute Gasteiger partial charge is 0.492 e. The smallest absolute Gasteiger partial charge is 0.123 e. The van der Waals surface area contributed by atoms with E-state index in [4.69, 9.17) is 15.9 Å². The Balaban J connectivity index is 2.56. The molecular weight excluding hydrogens is 226 g/mol. The van der Waals surface area contributed by atoms with Crippen LogP contribution in [-0.4, -0.2) is 26.9 Å². The highest BCUT2D eigenvalue weighted by molar-refractivity contribution is 5.36. The zero-order chi connectivity index (χ0) is 13.2. The Labute approximate surface area is 109 Å². The molecule has 0 fully saturated rings. The molecule has 18 heavy (non-hydrogen) atoms. The fraction of sp³-hybridized carbons (Fsp3) is 0.467. The molecule has 0 aliphatic carbocycles. The van der Waals surface area contributed by atoms with Gasteiger partial charge in [-0.25, -0.2) is 0 Å². The van der Waals surface area contributed by atoms with Crippen molar-refractivity contribution in [3.8, 4) is 18.1 Å². The molecule has 0 saturated heterocycles. The molecule has 1 rings (SSSR count). The number of ether oxygens (including phenoxy) is 2. The van der Waals surface area contributed by atoms with Crippen molar-refractivity contribution in [3.63, 3.8) is 0 Å². The summed E-state index contributed by atoms with van der Waals surface area (Å²) in [5.41, 5.74) is 2.38. The summed E-state index contributed by atoms with van der Waals surface area (Å²) >= 11 is 0. The van der Waals surface area contributed by atoms with Gasteiger partial charge in [-0.2, -0.15) is 0 Å². The van der Waals surface area contributed by atoms with Gasteiger partial charge in [-0.1, -0.05) is 17.7 Å². The molecule has 0 aliphatic heterocycles. The summed E-state index contributed by atoms with van der Waals surface area (Å²) in [5.74, 6) is 3.48. The van der Waals surface area contributed by atoms with Gasteiger partial charge in [-0.05, 0) is 13.0 Å². The summed E-state index contributed by atoms with van der Waals surface area (Å²) in [5, 5.41) is 3.32. The Bertz CT molecular complexity index is 396. The van der Waals surface area contributed by atoms with Gasteiger partial charge >= 0.3 is 0 Å². The van der Waals surface area contributed by atoms with Gasteiger partial charge in [0.2, 0.25) is 0 Å². The Morgan fingerprint density at radius 1 is 1.33 bits per heavy atom. The van der Waals surface area contributed by atoms with E-state index in [0.717, 1.165) is 24.4 Å². The predicted molar refractivity (Wildman–Crippen MR) is 73.7 cm³/mol. The van der Waals surface area contributed by atoms with E-state index >= 15 is 0 Å². The minimum Gasteiger partial charge on any atom is -0.492 e. The third kappa shape index (κ3) is 5.22. The van der Waals surface area contributed by atoms with E-state index in [1.165, 1.54) is 5.56 Å². The zero-order valence-electron chi connectivity index (χ0n) is 11.2. The molecule has 0 radical (unpaired) electrons. The molecule has 0 aliphatic rings. The lowest BCUT2D eigenvalue weighted by molar-refractivity contribution is 0.199. The van der Waals surface area contributed by atoms with Crippen molar-refractivity contribution in [2.24, 2.45) is 0 Å². The van der Waals surface area contributed by atoms with Gasteiger partial charge in [0, 0.05) is 32.2 Å². The molecule has 0 aromatic heterocycles. The summed E-state index contributed by atoms with van der Waals surface area (Å²) in [6, 6.07) is 6.17. The molecule has 0 heterocycles. The van der Waals surface area contributed by atoms with Crippen LogP contribution < -0.4 is 10.1 Å². The Morgan fingerprint density at radius 2 is 2.17 bits per heavy atom. The second kappa shape index (κ2) is 8.57. The Kier molecular flexibility index (Phi) is 6.93. The second-order valence-corrected chi connectivity index (χ2v) is 4.08. The maximum Gasteiger partial charge on any atom is 0.123 e. The molecule has 0 unspecified atom stereocenters. The SMILES string of the molecule is C#CCCOc1ccc(C)cc1CNCCOC. The third-order valence-corrected chi connectivity index (χ3v) is 2.52. The van der Waals surface area contributed by atoms with Gasteiger partial charge < -0.3 is 14.8 Å². The van der Waals surface area contributed by atoms with E-state index < -0.39 is 0 Å². The summed E-state index contributed by atoms with van der Waals surface area (Å²) in [6.45, 7) is 4.94. The summed E-state index contributed by atoms with van der Waals surface area (Å²) in [6.07, 6.45) is 5.84. The number of terminal acetylenes is 1. The lowest BCUT2D eigenvalue weighted by Crippen LogP contribution is -2.19. The number of methoxy groups -OCH3 is 1. The molecule has 0 amide bonds. The molecule has 3 nitrogen and oxygen atoms in total. The predicted octanol–water partition coefficient (Wildman–Crippen LogP) is 2.13. The lowest BCUT2D eigenvalue weighted by atomic mass is 10.1. The van der Waals surface area contributed by atoms with E-state index in [1.54, 1.807) is 7.11 Å². The second-order valence-electron chi connectivity index (χ2n) is 4.08. The van der Waals surface area contributed by atoms with Gasteiger partial charge in [0.25, 0.3) is 0 Å². The van der Waals surface area contributed by atoms with Crippen molar-refractivity contribution in [1.29, 1.82) is 0 Å². The van der Waals surface area contributed by atoms with Crippen LogP contribution in [0, 0.1) is 19.3 Å². The number of rotatable bonds is 8. The van der Waals surface area contributed by atoms with Crippen molar-refractivity contribution in [2.75, 3.05) is 26.9 Å². The van der Waals surface area contributed by atoms with Crippen LogP contribution in [0.15, 0.2) is 18.2 Å². The molecule has 3 heteroatoms. The van der Waals surface area contributed by atoms with Crippen molar-refractivity contribution in [2.45, 2.75) is 19.9 Å².